The van der Waals surface area contributed by atoms with Crippen LogP contribution in [0.4, 0.5) is 0 Å². The van der Waals surface area contributed by atoms with E-state index in [1.807, 2.05) is 36.5 Å². The lowest BCUT2D eigenvalue weighted by Crippen LogP contribution is -2.82. The molecule has 2 aromatic carbocycles. The second-order valence-corrected chi connectivity index (χ2v) is 5.25. The van der Waals surface area contributed by atoms with E-state index in [0.717, 1.165) is 16.9 Å². The number of aryl methyl sites for hydroxylation is 1. The summed E-state index contributed by atoms with van der Waals surface area (Å²) in [4.78, 5) is 0. The van der Waals surface area contributed by atoms with Crippen molar-refractivity contribution in [2.45, 2.75) is 13.5 Å². The smallest absolute Gasteiger partial charge is 0.223 e. The summed E-state index contributed by atoms with van der Waals surface area (Å²) in [7, 11) is 1.76. The number of benzene rings is 2. The van der Waals surface area contributed by atoms with Crippen LogP contribution in [-0.4, -0.2) is 18.4 Å². The molecule has 0 aromatic heterocycles. The summed E-state index contributed by atoms with van der Waals surface area (Å²) >= 11 is 4.97. The third-order valence-electron chi connectivity index (χ3n) is 3.00. The third kappa shape index (κ3) is 5.18. The van der Waals surface area contributed by atoms with Gasteiger partial charge in [0, 0.05) is 12.6 Å². The van der Waals surface area contributed by atoms with Gasteiger partial charge < -0.3 is 10.1 Å². The van der Waals surface area contributed by atoms with Gasteiger partial charge in [-0.25, -0.2) is 0 Å². The Hall–Kier alpha value is -2.40. The molecule has 114 valence electrons. The van der Waals surface area contributed by atoms with E-state index in [1.165, 1.54) is 5.56 Å². The molecule has 0 radical (unpaired) electrons. The Kier molecular flexibility index (Phi) is 5.91. The van der Waals surface area contributed by atoms with Crippen LogP contribution >= 0.6 is 12.2 Å². The minimum absolute atomic E-state index is 0.531. The number of hydrogen-bond donors (Lipinski definition) is 3. The van der Waals surface area contributed by atoms with Crippen molar-refractivity contribution in [1.82, 2.24) is 10.7 Å². The third-order valence-corrected chi connectivity index (χ3v) is 3.30. The molecule has 0 amide bonds. The number of nitrogens with one attached hydrogen (secondary N) is 3. The van der Waals surface area contributed by atoms with E-state index in [-0.39, 0.29) is 0 Å². The number of hydrogen-bond acceptors (Lipinski definition) is 2. The summed E-state index contributed by atoms with van der Waals surface area (Å²) in [5.74, 6) is 0.827. The number of hydrazine groups is 1. The molecule has 2 aromatic rings. The number of rotatable bonds is 5. The molecule has 0 unspecified atom stereocenters. The van der Waals surface area contributed by atoms with Gasteiger partial charge in [0.1, 0.15) is 12.4 Å². The van der Waals surface area contributed by atoms with Crippen LogP contribution in [0.2, 0.25) is 0 Å². The fourth-order valence-electron chi connectivity index (χ4n) is 1.91. The van der Waals surface area contributed by atoms with Gasteiger partial charge in [0.2, 0.25) is 5.11 Å². The fraction of sp³-hybridized carbons (Fsp3) is 0.176. The summed E-state index contributed by atoms with van der Waals surface area (Å²) in [5, 5.41) is 6.28. The number of ether oxygens (including phenoxy) is 1. The molecule has 22 heavy (non-hydrogen) atoms. The standard InChI is InChI=1S/C17H19N3OS/c1-13-5-3-7-15(9-13)12-21-16-8-4-6-14(10-16)11-19-20-17(22)18-2/h3-11H,12H2,1-2H3,(H2,18,20,22)/p+1. The van der Waals surface area contributed by atoms with Crippen LogP contribution in [0.5, 0.6) is 5.75 Å². The average Bonchev–Trinajstić information content (AvgIpc) is 2.53. The van der Waals surface area contributed by atoms with Crippen molar-refractivity contribution in [1.29, 1.82) is 0 Å². The average molecular weight is 314 g/mol. The topological polar surface area (TPSA) is 47.3 Å². The van der Waals surface area contributed by atoms with E-state index in [4.69, 9.17) is 17.0 Å². The molecule has 0 atom stereocenters. The zero-order valence-corrected chi connectivity index (χ0v) is 13.5. The van der Waals surface area contributed by atoms with Crippen molar-refractivity contribution in [3.05, 3.63) is 65.2 Å². The molecule has 5 heteroatoms. The maximum absolute atomic E-state index is 5.83. The van der Waals surface area contributed by atoms with Gasteiger partial charge in [-0.05, 0) is 42.9 Å². The highest BCUT2D eigenvalue weighted by Gasteiger charge is 1.99. The molecule has 0 saturated heterocycles. The van der Waals surface area contributed by atoms with Crippen LogP contribution in [0, 0.1) is 6.92 Å². The molecule has 0 fully saturated rings. The Balaban J connectivity index is 1.95. The maximum Gasteiger partial charge on any atom is 0.223 e. The molecule has 2 rings (SSSR count). The number of thiocarbonyl (C=S) groups is 1. The van der Waals surface area contributed by atoms with Gasteiger partial charge in [-0.2, -0.15) is 0 Å². The molecule has 0 heterocycles. The molecule has 4 nitrogen and oxygen atoms in total. The normalized spacial score (nSPS) is 10.5. The first-order valence-electron chi connectivity index (χ1n) is 7.02. The van der Waals surface area contributed by atoms with E-state index in [2.05, 4.69) is 41.0 Å². The van der Waals surface area contributed by atoms with E-state index in [9.17, 15) is 0 Å². The lowest BCUT2D eigenvalue weighted by Gasteiger charge is -2.07. The first-order chi connectivity index (χ1) is 10.7. The van der Waals surface area contributed by atoms with Gasteiger partial charge in [0.15, 0.2) is 6.21 Å². The molecule has 3 N–H and O–H groups in total. The Labute approximate surface area is 136 Å². The Morgan fingerprint density at radius 1 is 1.23 bits per heavy atom. The van der Waals surface area contributed by atoms with Gasteiger partial charge >= 0.3 is 0 Å². The van der Waals surface area contributed by atoms with Crippen molar-refractivity contribution in [2.24, 2.45) is 0 Å². The van der Waals surface area contributed by atoms with Crippen LogP contribution in [0.3, 0.4) is 0 Å². The van der Waals surface area contributed by atoms with Crippen molar-refractivity contribution in [3.8, 4) is 5.75 Å². The second-order valence-electron chi connectivity index (χ2n) is 4.84. The molecule has 0 aliphatic heterocycles. The minimum atomic E-state index is 0.531. The maximum atomic E-state index is 5.83. The summed E-state index contributed by atoms with van der Waals surface area (Å²) in [6.07, 6.45) is 1.82. The Bertz CT molecular complexity index is 670. The highest BCUT2D eigenvalue weighted by Crippen LogP contribution is 2.14. The van der Waals surface area contributed by atoms with Crippen LogP contribution in [0.1, 0.15) is 16.7 Å². The largest absolute Gasteiger partial charge is 0.489 e. The van der Waals surface area contributed by atoms with Crippen molar-refractivity contribution in [2.75, 3.05) is 7.05 Å². The van der Waals surface area contributed by atoms with Crippen molar-refractivity contribution in [3.63, 3.8) is 0 Å². The fourth-order valence-corrected chi connectivity index (χ4v) is 1.97. The lowest BCUT2D eigenvalue weighted by molar-refractivity contribution is -0.500. The molecule has 0 bridgehead atoms. The van der Waals surface area contributed by atoms with Gasteiger partial charge in [-0.15, -0.1) is 10.5 Å². The minimum Gasteiger partial charge on any atom is -0.489 e. The van der Waals surface area contributed by atoms with E-state index in [0.29, 0.717) is 11.7 Å². The summed E-state index contributed by atoms with van der Waals surface area (Å²) < 4.78 is 5.83. The zero-order valence-electron chi connectivity index (χ0n) is 12.7. The zero-order chi connectivity index (χ0) is 15.8. The Morgan fingerprint density at radius 2 is 2.05 bits per heavy atom. The Morgan fingerprint density at radius 3 is 2.82 bits per heavy atom. The molecular weight excluding hydrogens is 294 g/mol. The van der Waals surface area contributed by atoms with Gasteiger partial charge in [-0.1, -0.05) is 35.9 Å². The summed E-state index contributed by atoms with van der Waals surface area (Å²) in [6.45, 7) is 2.63. The molecule has 0 spiro atoms. The highest BCUT2D eigenvalue weighted by atomic mass is 32.1. The first-order valence-corrected chi connectivity index (χ1v) is 7.43. The van der Waals surface area contributed by atoms with Crippen LogP contribution < -0.4 is 20.6 Å². The molecule has 0 aliphatic carbocycles. The highest BCUT2D eigenvalue weighted by molar-refractivity contribution is 7.80. The van der Waals surface area contributed by atoms with Crippen LogP contribution in [0.15, 0.2) is 48.5 Å². The number of hydrazone groups is 1. The predicted octanol–water partition coefficient (Wildman–Crippen LogP) is 1.08. The first kappa shape index (κ1) is 16.0. The molecular formula is C17H20N3OS+. The SMILES string of the molecule is CNC(=S)N[NH+]=Cc1cccc(OCc2cccc(C)c2)c1. The second kappa shape index (κ2) is 8.14. The lowest BCUT2D eigenvalue weighted by atomic mass is 10.1. The molecule has 0 aliphatic rings. The van der Waals surface area contributed by atoms with Crippen LogP contribution in [0.25, 0.3) is 0 Å². The monoisotopic (exact) mass is 314 g/mol. The quantitative estimate of drug-likeness (QED) is 0.439. The summed E-state index contributed by atoms with van der Waals surface area (Å²) in [6, 6.07) is 16.1. The van der Waals surface area contributed by atoms with E-state index >= 15 is 0 Å². The summed E-state index contributed by atoms with van der Waals surface area (Å²) in [5.41, 5.74) is 6.23. The van der Waals surface area contributed by atoms with E-state index in [1.54, 1.807) is 7.05 Å². The molecule has 0 saturated carbocycles. The van der Waals surface area contributed by atoms with Crippen molar-refractivity contribution < 1.29 is 9.84 Å². The van der Waals surface area contributed by atoms with Crippen molar-refractivity contribution >= 4 is 23.5 Å². The van der Waals surface area contributed by atoms with Gasteiger partial charge in [0.05, 0.1) is 0 Å². The van der Waals surface area contributed by atoms with Crippen LogP contribution in [-0.2, 0) is 6.61 Å². The predicted molar refractivity (Wildman–Crippen MR) is 92.9 cm³/mol. The van der Waals surface area contributed by atoms with E-state index < -0.39 is 0 Å². The van der Waals surface area contributed by atoms with Gasteiger partial charge in [-0.3, -0.25) is 0 Å². The van der Waals surface area contributed by atoms with Gasteiger partial charge in [0.25, 0.3) is 0 Å².